The van der Waals surface area contributed by atoms with Crippen LogP contribution in [0, 0.1) is 22.7 Å². The molecule has 5 aliphatic rings. The first kappa shape index (κ1) is 26.3. The van der Waals surface area contributed by atoms with E-state index in [0.29, 0.717) is 19.4 Å². The number of ether oxygens (including phenoxy) is 5. The highest BCUT2D eigenvalue weighted by molar-refractivity contribution is 5.84. The number of carbonyl (C=O) groups is 3. The van der Waals surface area contributed by atoms with Crippen LogP contribution in [-0.2, 0) is 38.1 Å². The van der Waals surface area contributed by atoms with Crippen molar-refractivity contribution in [2.45, 2.75) is 82.6 Å². The zero-order valence-electron chi connectivity index (χ0n) is 21.5. The third kappa shape index (κ3) is 4.13. The molecular weight excluding hydrogens is 484 g/mol. The molecule has 2 spiro atoms. The molecule has 0 aromatic rings. The second kappa shape index (κ2) is 9.48. The molecule has 0 aromatic carbocycles. The van der Waals surface area contributed by atoms with Crippen molar-refractivity contribution in [3.63, 3.8) is 0 Å². The first-order valence-electron chi connectivity index (χ1n) is 13.1. The van der Waals surface area contributed by atoms with Gasteiger partial charge in [0, 0.05) is 24.0 Å². The minimum absolute atomic E-state index is 0.00532. The van der Waals surface area contributed by atoms with Gasteiger partial charge in [0.1, 0.15) is 18.3 Å². The van der Waals surface area contributed by atoms with Gasteiger partial charge in [0.05, 0.1) is 36.9 Å². The third-order valence-corrected chi connectivity index (χ3v) is 9.63. The first-order chi connectivity index (χ1) is 17.5. The number of rotatable bonds is 0. The highest BCUT2D eigenvalue weighted by atomic mass is 16.6. The minimum atomic E-state index is -1.42. The monoisotopic (exact) mass is 520 g/mol. The molecule has 2 aliphatic carbocycles. The number of hydrogen-bond acceptors (Lipinski definition) is 10. The number of allylic oxidation sites excluding steroid dienone is 2. The predicted molar refractivity (Wildman–Crippen MR) is 127 cm³/mol. The lowest BCUT2D eigenvalue weighted by molar-refractivity contribution is -0.269. The summed E-state index contributed by atoms with van der Waals surface area (Å²) in [5.41, 5.74) is -2.45. The van der Waals surface area contributed by atoms with Crippen LogP contribution < -0.4 is 0 Å². The van der Waals surface area contributed by atoms with E-state index in [0.717, 1.165) is 0 Å². The molecule has 10 nitrogen and oxygen atoms in total. The number of aliphatic hydroxyl groups excluding tert-OH is 2. The van der Waals surface area contributed by atoms with E-state index in [4.69, 9.17) is 23.7 Å². The zero-order chi connectivity index (χ0) is 26.6. The Labute approximate surface area is 215 Å². The highest BCUT2D eigenvalue weighted by Crippen LogP contribution is 2.72. The van der Waals surface area contributed by atoms with Crippen LogP contribution in [0.5, 0.6) is 0 Å². The number of cyclic esters (lactones) is 2. The largest absolute Gasteiger partial charge is 0.463 e. The number of carbonyl (C=O) groups excluding carboxylic acids is 3. The molecule has 10 heteroatoms. The topological polar surface area (TPSA) is 141 Å². The Morgan fingerprint density at radius 3 is 2.30 bits per heavy atom. The first-order valence-corrected chi connectivity index (χ1v) is 13.1. The van der Waals surface area contributed by atoms with Crippen LogP contribution in [-0.4, -0.2) is 84.1 Å². The quantitative estimate of drug-likeness (QED) is 0.272. The van der Waals surface area contributed by atoms with Gasteiger partial charge in [-0.1, -0.05) is 32.9 Å². The van der Waals surface area contributed by atoms with E-state index in [-0.39, 0.29) is 44.2 Å². The summed E-state index contributed by atoms with van der Waals surface area (Å²) in [6.07, 6.45) is 3.32. The molecule has 0 amide bonds. The van der Waals surface area contributed by atoms with Crippen molar-refractivity contribution in [2.75, 3.05) is 19.8 Å². The van der Waals surface area contributed by atoms with E-state index < -0.39 is 58.6 Å². The molecule has 37 heavy (non-hydrogen) atoms. The lowest BCUT2D eigenvalue weighted by Gasteiger charge is -2.60. The molecule has 4 fully saturated rings. The molecule has 0 aromatic heterocycles. The van der Waals surface area contributed by atoms with Gasteiger partial charge in [-0.05, 0) is 31.1 Å². The summed E-state index contributed by atoms with van der Waals surface area (Å²) in [5.74, 6) is -2.54. The molecule has 3 unspecified atom stereocenters. The fourth-order valence-electron chi connectivity index (χ4n) is 7.04. The van der Waals surface area contributed by atoms with Gasteiger partial charge < -0.3 is 33.9 Å². The third-order valence-electron chi connectivity index (χ3n) is 9.63. The molecule has 2 bridgehead atoms. The van der Waals surface area contributed by atoms with Gasteiger partial charge in [-0.2, -0.15) is 0 Å². The van der Waals surface area contributed by atoms with Crippen molar-refractivity contribution >= 4 is 17.9 Å². The van der Waals surface area contributed by atoms with Gasteiger partial charge in [0.25, 0.3) is 0 Å². The van der Waals surface area contributed by atoms with E-state index >= 15 is 0 Å². The summed E-state index contributed by atoms with van der Waals surface area (Å²) >= 11 is 0. The molecule has 2 N–H and O–H groups in total. The fourth-order valence-corrected chi connectivity index (χ4v) is 7.04. The number of hydrogen-bond donors (Lipinski definition) is 2. The van der Waals surface area contributed by atoms with Crippen LogP contribution >= 0.6 is 0 Å². The average molecular weight is 521 g/mol. The lowest BCUT2D eigenvalue weighted by Crippen LogP contribution is -2.69. The summed E-state index contributed by atoms with van der Waals surface area (Å²) in [6.45, 7) is 5.92. The maximum atomic E-state index is 13.0. The van der Waals surface area contributed by atoms with E-state index in [1.165, 1.54) is 24.3 Å². The van der Waals surface area contributed by atoms with E-state index in [1.807, 2.05) is 13.8 Å². The van der Waals surface area contributed by atoms with Gasteiger partial charge in [-0.3, -0.25) is 0 Å². The smallest absolute Gasteiger partial charge is 0.335 e. The highest BCUT2D eigenvalue weighted by Gasteiger charge is 2.83. The van der Waals surface area contributed by atoms with Crippen LogP contribution in [0.4, 0.5) is 0 Å². The van der Waals surface area contributed by atoms with Crippen molar-refractivity contribution in [3.8, 4) is 0 Å². The maximum Gasteiger partial charge on any atom is 0.335 e. The summed E-state index contributed by atoms with van der Waals surface area (Å²) < 4.78 is 29.5. The summed E-state index contributed by atoms with van der Waals surface area (Å²) in [5, 5.41) is 21.7. The summed E-state index contributed by atoms with van der Waals surface area (Å²) in [4.78, 5) is 37.7. The average Bonchev–Trinajstić information content (AvgIpc) is 3.63. The van der Waals surface area contributed by atoms with Gasteiger partial charge in [0.2, 0.25) is 0 Å². The zero-order valence-corrected chi connectivity index (χ0v) is 21.5. The molecule has 0 radical (unpaired) electrons. The van der Waals surface area contributed by atoms with Crippen LogP contribution in [0.3, 0.4) is 0 Å². The Bertz CT molecular complexity index is 1000. The molecule has 3 aliphatic heterocycles. The fraction of sp³-hybridized carbons (Fsp3) is 0.741. The van der Waals surface area contributed by atoms with Crippen LogP contribution in [0.1, 0.15) is 46.5 Å². The standard InChI is InChI=1S/C27H36O10/c1-15-8-9-33-21(29)6-4-5-7-22(30)37-18-11-20-27(14-35-27)25(18,3)26(13-34-24(32)23(15)31)12-17(28)16(2)10-19(26)36-20/h4-7,15-20,23,28,31H,8-14H2,1-3H3/b6-4+,7-5-/t15?,16-,17+,18-,19-,20-,23?,25-,26-,27?/m1/s1. The summed E-state index contributed by atoms with van der Waals surface area (Å²) in [6, 6.07) is 0. The normalized spacial score (nSPS) is 50.1. The Balaban J connectivity index is 1.53. The van der Waals surface area contributed by atoms with Gasteiger partial charge in [0.15, 0.2) is 6.10 Å². The predicted octanol–water partition coefficient (Wildman–Crippen LogP) is 1.22. The second-order valence-electron chi connectivity index (χ2n) is 11.5. The van der Waals surface area contributed by atoms with Crippen molar-refractivity contribution in [2.24, 2.45) is 22.7 Å². The van der Waals surface area contributed by atoms with Crippen molar-refractivity contribution in [1.29, 1.82) is 0 Å². The Morgan fingerprint density at radius 2 is 1.59 bits per heavy atom. The Kier molecular flexibility index (Phi) is 6.75. The molecule has 3 heterocycles. The van der Waals surface area contributed by atoms with Crippen molar-refractivity contribution < 1.29 is 48.3 Å². The van der Waals surface area contributed by atoms with Crippen molar-refractivity contribution in [3.05, 3.63) is 24.3 Å². The SMILES string of the molecule is CC1CCOC(=O)/C=C/C=C\C(=O)O[C@@H]2C[C@H]3O[C@@H]4C[C@@H](C)[C@@H](O)C[C@]4(COC(=O)C1O)[C@]2(C)C31CO1. The van der Waals surface area contributed by atoms with Gasteiger partial charge in [-0.25, -0.2) is 14.4 Å². The van der Waals surface area contributed by atoms with Gasteiger partial charge >= 0.3 is 17.9 Å². The van der Waals surface area contributed by atoms with Crippen LogP contribution in [0.2, 0.25) is 0 Å². The number of epoxide rings is 1. The second-order valence-corrected chi connectivity index (χ2v) is 11.5. The molecule has 2 saturated carbocycles. The van der Waals surface area contributed by atoms with Crippen LogP contribution in [0.25, 0.3) is 0 Å². The van der Waals surface area contributed by atoms with E-state index in [9.17, 15) is 24.6 Å². The Hall–Kier alpha value is -2.27. The lowest BCUT2D eigenvalue weighted by atomic mass is 9.49. The van der Waals surface area contributed by atoms with Crippen LogP contribution in [0.15, 0.2) is 24.3 Å². The van der Waals surface area contributed by atoms with Crippen molar-refractivity contribution in [1.82, 2.24) is 0 Å². The summed E-state index contributed by atoms with van der Waals surface area (Å²) in [7, 11) is 0. The number of esters is 3. The molecule has 5 rings (SSSR count). The molecule has 10 atom stereocenters. The number of aliphatic hydroxyl groups is 2. The Morgan fingerprint density at radius 1 is 0.892 bits per heavy atom. The van der Waals surface area contributed by atoms with E-state index in [1.54, 1.807) is 6.92 Å². The molecular formula is C27H36O10. The molecule has 204 valence electrons. The van der Waals surface area contributed by atoms with E-state index in [2.05, 4.69) is 0 Å². The maximum absolute atomic E-state index is 13.0. The molecule has 2 saturated heterocycles. The van der Waals surface area contributed by atoms with Gasteiger partial charge in [-0.15, -0.1) is 0 Å². The minimum Gasteiger partial charge on any atom is -0.463 e.